The molecule has 0 radical (unpaired) electrons. The van der Waals surface area contributed by atoms with E-state index in [4.69, 9.17) is 9.73 Å². The van der Waals surface area contributed by atoms with Crippen LogP contribution >= 0.6 is 11.3 Å². The van der Waals surface area contributed by atoms with Crippen LogP contribution in [0.4, 0.5) is 11.4 Å². The second kappa shape index (κ2) is 7.98. The summed E-state index contributed by atoms with van der Waals surface area (Å²) in [6.45, 7) is 0. The molecular formula is C21H21N3O3S. The number of hydrogen-bond donors (Lipinski definition) is 0. The number of non-ortho nitro benzene ring substituents is 1. The number of nitro groups is 1. The van der Waals surface area contributed by atoms with Crippen molar-refractivity contribution in [1.29, 1.82) is 0 Å². The van der Waals surface area contributed by atoms with Crippen LogP contribution < -0.4 is 9.54 Å². The number of rotatable bonds is 5. The molecule has 0 bridgehead atoms. The Balaban J connectivity index is 1.79. The zero-order valence-electron chi connectivity index (χ0n) is 15.6. The predicted molar refractivity (Wildman–Crippen MR) is 110 cm³/mol. The van der Waals surface area contributed by atoms with Crippen LogP contribution in [0.3, 0.4) is 0 Å². The lowest BCUT2D eigenvalue weighted by Gasteiger charge is -2.16. The largest absolute Gasteiger partial charge is 0.497 e. The van der Waals surface area contributed by atoms with Gasteiger partial charge in [-0.2, -0.15) is 0 Å². The van der Waals surface area contributed by atoms with Gasteiger partial charge in [-0.15, -0.1) is 11.3 Å². The third kappa shape index (κ3) is 3.71. The molecule has 1 heterocycles. The second-order valence-electron chi connectivity index (χ2n) is 6.83. The van der Waals surface area contributed by atoms with Gasteiger partial charge >= 0.3 is 0 Å². The van der Waals surface area contributed by atoms with Crippen molar-refractivity contribution in [3.63, 3.8) is 0 Å². The van der Waals surface area contributed by atoms with Gasteiger partial charge in [0.1, 0.15) is 5.75 Å². The number of thiazole rings is 1. The molecule has 1 aliphatic carbocycles. The minimum absolute atomic E-state index is 0.106. The maximum absolute atomic E-state index is 11.0. The third-order valence-corrected chi connectivity index (χ3v) is 5.94. The van der Waals surface area contributed by atoms with E-state index >= 15 is 0 Å². The topological polar surface area (TPSA) is 69.7 Å². The molecule has 0 N–H and O–H groups in total. The van der Waals surface area contributed by atoms with Gasteiger partial charge in [-0.3, -0.25) is 10.1 Å². The quantitative estimate of drug-likeness (QED) is 0.424. The monoisotopic (exact) mass is 395 g/mol. The maximum atomic E-state index is 11.0. The van der Waals surface area contributed by atoms with Crippen LogP contribution in [0.15, 0.2) is 58.9 Å². The number of hydrogen-bond acceptors (Lipinski definition) is 5. The van der Waals surface area contributed by atoms with Gasteiger partial charge in [0.15, 0.2) is 4.80 Å². The molecule has 1 fully saturated rings. The Morgan fingerprint density at radius 1 is 1.11 bits per heavy atom. The zero-order chi connectivity index (χ0) is 19.5. The van der Waals surface area contributed by atoms with Gasteiger partial charge < -0.3 is 9.30 Å². The van der Waals surface area contributed by atoms with E-state index in [1.807, 2.05) is 36.4 Å². The summed E-state index contributed by atoms with van der Waals surface area (Å²) in [5.41, 5.74) is 3.03. The lowest BCUT2D eigenvalue weighted by molar-refractivity contribution is -0.384. The molecule has 1 aromatic heterocycles. The lowest BCUT2D eigenvalue weighted by atomic mass is 10.1. The van der Waals surface area contributed by atoms with Gasteiger partial charge in [0, 0.05) is 23.6 Å². The molecule has 0 atom stereocenters. The van der Waals surface area contributed by atoms with E-state index in [0.29, 0.717) is 6.04 Å². The summed E-state index contributed by atoms with van der Waals surface area (Å²) < 4.78 is 7.53. The first kappa shape index (κ1) is 18.4. The summed E-state index contributed by atoms with van der Waals surface area (Å²) >= 11 is 1.60. The molecule has 0 amide bonds. The predicted octanol–water partition coefficient (Wildman–Crippen LogP) is 5.48. The minimum Gasteiger partial charge on any atom is -0.497 e. The SMILES string of the molecule is COc1ccc(N=c2scc(-c3ccc([N+](=O)[O-])cc3)n2C2CCCC2)cc1. The van der Waals surface area contributed by atoms with E-state index in [1.165, 1.54) is 12.8 Å². The summed E-state index contributed by atoms with van der Waals surface area (Å²) in [5, 5.41) is 13.1. The van der Waals surface area contributed by atoms with Crippen LogP contribution in [-0.4, -0.2) is 16.6 Å². The highest BCUT2D eigenvalue weighted by Crippen LogP contribution is 2.34. The van der Waals surface area contributed by atoms with Crippen molar-refractivity contribution >= 4 is 22.7 Å². The van der Waals surface area contributed by atoms with Crippen LogP contribution in [0.2, 0.25) is 0 Å². The number of ether oxygens (including phenoxy) is 1. The summed E-state index contributed by atoms with van der Waals surface area (Å²) in [5.74, 6) is 0.806. The first-order valence-corrected chi connectivity index (χ1v) is 10.2. The Hall–Kier alpha value is -2.93. The Bertz CT molecular complexity index is 1030. The van der Waals surface area contributed by atoms with Crippen LogP contribution in [-0.2, 0) is 0 Å². The number of aromatic nitrogens is 1. The molecule has 0 spiro atoms. The molecule has 0 unspecified atom stereocenters. The average molecular weight is 395 g/mol. The first-order chi connectivity index (χ1) is 13.7. The van der Waals surface area contributed by atoms with Crippen molar-refractivity contribution in [2.45, 2.75) is 31.7 Å². The number of nitro benzene ring substituents is 1. The fourth-order valence-corrected chi connectivity index (χ4v) is 4.63. The molecule has 1 saturated carbocycles. The van der Waals surface area contributed by atoms with E-state index in [2.05, 4.69) is 9.95 Å². The van der Waals surface area contributed by atoms with Crippen LogP contribution in [0.25, 0.3) is 11.3 Å². The molecular weight excluding hydrogens is 374 g/mol. The molecule has 7 heteroatoms. The molecule has 3 aromatic rings. The van der Waals surface area contributed by atoms with Crippen LogP contribution in [0.5, 0.6) is 5.75 Å². The second-order valence-corrected chi connectivity index (χ2v) is 7.66. The molecule has 2 aromatic carbocycles. The summed E-state index contributed by atoms with van der Waals surface area (Å²) in [4.78, 5) is 16.4. The van der Waals surface area contributed by atoms with Crippen molar-refractivity contribution in [1.82, 2.24) is 4.57 Å². The molecule has 6 nitrogen and oxygen atoms in total. The van der Waals surface area contributed by atoms with Gasteiger partial charge in [0.25, 0.3) is 5.69 Å². The summed E-state index contributed by atoms with van der Waals surface area (Å²) in [7, 11) is 1.65. The van der Waals surface area contributed by atoms with Crippen molar-refractivity contribution < 1.29 is 9.66 Å². The van der Waals surface area contributed by atoms with E-state index < -0.39 is 0 Å². The molecule has 28 heavy (non-hydrogen) atoms. The minimum atomic E-state index is -0.368. The first-order valence-electron chi connectivity index (χ1n) is 9.29. The van der Waals surface area contributed by atoms with Crippen molar-refractivity contribution in [2.75, 3.05) is 7.11 Å². The van der Waals surface area contributed by atoms with E-state index in [9.17, 15) is 10.1 Å². The van der Waals surface area contributed by atoms with Crippen LogP contribution in [0, 0.1) is 10.1 Å². The number of nitrogens with zero attached hydrogens (tertiary/aromatic N) is 3. The van der Waals surface area contributed by atoms with E-state index in [-0.39, 0.29) is 10.6 Å². The average Bonchev–Trinajstić information content (AvgIpc) is 3.38. The van der Waals surface area contributed by atoms with Gasteiger partial charge in [-0.05, 0) is 54.8 Å². The molecule has 144 valence electrons. The molecule has 0 saturated heterocycles. The summed E-state index contributed by atoms with van der Waals surface area (Å²) in [6.07, 6.45) is 4.70. The molecule has 0 aliphatic heterocycles. The van der Waals surface area contributed by atoms with Crippen molar-refractivity contribution in [2.24, 2.45) is 4.99 Å². The Kier molecular flexibility index (Phi) is 5.25. The Morgan fingerprint density at radius 3 is 2.39 bits per heavy atom. The number of methoxy groups -OCH3 is 1. The van der Waals surface area contributed by atoms with Gasteiger partial charge in [0.05, 0.1) is 23.4 Å². The van der Waals surface area contributed by atoms with Gasteiger partial charge in [-0.25, -0.2) is 4.99 Å². The van der Waals surface area contributed by atoms with E-state index in [1.54, 1.807) is 30.6 Å². The highest BCUT2D eigenvalue weighted by atomic mass is 32.1. The van der Waals surface area contributed by atoms with Gasteiger partial charge in [-0.1, -0.05) is 12.8 Å². The van der Waals surface area contributed by atoms with Crippen molar-refractivity contribution in [3.8, 4) is 17.0 Å². The fourth-order valence-electron chi connectivity index (χ4n) is 3.65. The number of benzene rings is 2. The third-order valence-electron chi connectivity index (χ3n) is 5.10. The molecule has 1 aliphatic rings. The van der Waals surface area contributed by atoms with Gasteiger partial charge in [0.2, 0.25) is 0 Å². The lowest BCUT2D eigenvalue weighted by Crippen LogP contribution is -2.19. The molecule has 4 rings (SSSR count). The Labute approximate surface area is 166 Å². The zero-order valence-corrected chi connectivity index (χ0v) is 16.4. The Morgan fingerprint density at radius 2 is 1.79 bits per heavy atom. The fraction of sp³-hybridized carbons (Fsp3) is 0.286. The highest BCUT2D eigenvalue weighted by Gasteiger charge is 2.22. The van der Waals surface area contributed by atoms with Crippen LogP contribution in [0.1, 0.15) is 31.7 Å². The smallest absolute Gasteiger partial charge is 0.269 e. The highest BCUT2D eigenvalue weighted by molar-refractivity contribution is 7.07. The van der Waals surface area contributed by atoms with Crippen molar-refractivity contribution in [3.05, 3.63) is 68.8 Å². The summed E-state index contributed by atoms with van der Waals surface area (Å²) in [6, 6.07) is 14.9. The standard InChI is InChI=1S/C21H21N3O3S/c1-27-19-12-8-16(9-13-19)22-21-23(17-4-2-3-5-17)20(14-28-21)15-6-10-18(11-7-15)24(25)26/h6-14,17H,2-5H2,1H3. The normalized spacial score (nSPS) is 15.1. The maximum Gasteiger partial charge on any atom is 0.269 e. The van der Waals surface area contributed by atoms with E-state index in [0.717, 1.165) is 40.3 Å².